The number of esters is 2. The molecule has 0 aliphatic heterocycles. The third-order valence-corrected chi connectivity index (χ3v) is 5.96. The molecule has 4 saturated carbocycles. The molecule has 4 rings (SSSR count). The highest BCUT2D eigenvalue weighted by molar-refractivity contribution is 5.78. The molecule has 0 heterocycles. The molecular formula is C17H26O4. The maximum absolute atomic E-state index is 12.3. The second-order valence-electron chi connectivity index (χ2n) is 7.65. The lowest BCUT2D eigenvalue weighted by molar-refractivity contribution is -0.213. The summed E-state index contributed by atoms with van der Waals surface area (Å²) in [5, 5.41) is 0. The van der Waals surface area contributed by atoms with E-state index in [0.29, 0.717) is 18.3 Å². The topological polar surface area (TPSA) is 52.6 Å². The van der Waals surface area contributed by atoms with E-state index >= 15 is 0 Å². The molecule has 4 aliphatic carbocycles. The van der Waals surface area contributed by atoms with E-state index in [4.69, 9.17) is 9.47 Å². The Hall–Kier alpha value is -1.06. The lowest BCUT2D eigenvalue weighted by atomic mass is 9.48. The van der Waals surface area contributed by atoms with E-state index in [-0.39, 0.29) is 17.9 Å². The molecule has 0 aromatic carbocycles. The fraction of sp³-hybridized carbons (Fsp3) is 0.882. The molecule has 4 bridgehead atoms. The minimum Gasteiger partial charge on any atom is -0.469 e. The summed E-state index contributed by atoms with van der Waals surface area (Å²) in [6.07, 6.45) is 6.35. The van der Waals surface area contributed by atoms with E-state index in [0.717, 1.165) is 32.1 Å². The molecule has 3 unspecified atom stereocenters. The molecule has 4 fully saturated rings. The number of rotatable bonds is 4. The Balaban J connectivity index is 1.83. The van der Waals surface area contributed by atoms with E-state index in [1.165, 1.54) is 13.5 Å². The largest absolute Gasteiger partial charge is 0.469 e. The van der Waals surface area contributed by atoms with Crippen LogP contribution in [-0.2, 0) is 19.1 Å². The molecular weight excluding hydrogens is 268 g/mol. The third-order valence-electron chi connectivity index (χ3n) is 5.96. The lowest BCUT2D eigenvalue weighted by Gasteiger charge is -2.59. The van der Waals surface area contributed by atoms with E-state index in [1.807, 2.05) is 13.8 Å². The predicted octanol–water partition coefficient (Wildman–Crippen LogP) is 3.09. The van der Waals surface area contributed by atoms with Crippen LogP contribution in [0, 0.1) is 23.2 Å². The maximum atomic E-state index is 12.3. The summed E-state index contributed by atoms with van der Waals surface area (Å²) < 4.78 is 11.1. The zero-order valence-corrected chi connectivity index (χ0v) is 13.3. The van der Waals surface area contributed by atoms with Gasteiger partial charge in [0, 0.05) is 6.42 Å². The first kappa shape index (κ1) is 14.9. The van der Waals surface area contributed by atoms with E-state index in [9.17, 15) is 9.59 Å². The number of carbonyl (C=O) groups is 2. The summed E-state index contributed by atoms with van der Waals surface area (Å²) in [7, 11) is 1.47. The minimum atomic E-state index is -0.404. The normalized spacial score (nSPS) is 41.7. The first-order valence-corrected chi connectivity index (χ1v) is 8.23. The molecule has 0 amide bonds. The van der Waals surface area contributed by atoms with Crippen molar-refractivity contribution in [1.29, 1.82) is 0 Å². The molecule has 0 radical (unpaired) electrons. The van der Waals surface area contributed by atoms with Crippen LogP contribution in [0.25, 0.3) is 0 Å². The maximum Gasteiger partial charge on any atom is 0.311 e. The van der Waals surface area contributed by atoms with Crippen molar-refractivity contribution in [3.05, 3.63) is 0 Å². The Bertz CT molecular complexity index is 442. The SMILES string of the molecule is CCC(C)C(=O)OC12CC3CC(C1)CC(C(=O)OC)(C3)C2. The third kappa shape index (κ3) is 2.36. The number of methoxy groups -OCH3 is 1. The fourth-order valence-corrected chi connectivity index (χ4v) is 5.23. The quantitative estimate of drug-likeness (QED) is 0.748. The van der Waals surface area contributed by atoms with Crippen LogP contribution in [0.15, 0.2) is 0 Å². The van der Waals surface area contributed by atoms with Crippen LogP contribution in [0.3, 0.4) is 0 Å². The zero-order valence-electron chi connectivity index (χ0n) is 13.3. The summed E-state index contributed by atoms with van der Waals surface area (Å²) >= 11 is 0. The van der Waals surface area contributed by atoms with Crippen molar-refractivity contribution in [2.45, 2.75) is 64.4 Å². The van der Waals surface area contributed by atoms with Crippen LogP contribution < -0.4 is 0 Å². The van der Waals surface area contributed by atoms with Gasteiger partial charge in [0.2, 0.25) is 0 Å². The number of hydrogen-bond acceptors (Lipinski definition) is 4. The smallest absolute Gasteiger partial charge is 0.311 e. The molecule has 0 aromatic heterocycles. The van der Waals surface area contributed by atoms with Gasteiger partial charge in [-0.15, -0.1) is 0 Å². The second kappa shape index (κ2) is 4.99. The summed E-state index contributed by atoms with van der Waals surface area (Å²) in [4.78, 5) is 24.6. The van der Waals surface area contributed by atoms with Crippen LogP contribution in [-0.4, -0.2) is 24.6 Å². The Morgan fingerprint density at radius 3 is 2.33 bits per heavy atom. The van der Waals surface area contributed by atoms with Gasteiger partial charge in [0.1, 0.15) is 5.60 Å². The molecule has 4 nitrogen and oxygen atoms in total. The van der Waals surface area contributed by atoms with Gasteiger partial charge in [-0.05, 0) is 50.4 Å². The van der Waals surface area contributed by atoms with Gasteiger partial charge in [0.15, 0.2) is 0 Å². The van der Waals surface area contributed by atoms with Crippen LogP contribution in [0.1, 0.15) is 58.8 Å². The van der Waals surface area contributed by atoms with Crippen molar-refractivity contribution in [3.8, 4) is 0 Å². The van der Waals surface area contributed by atoms with Gasteiger partial charge < -0.3 is 9.47 Å². The Morgan fingerprint density at radius 1 is 1.19 bits per heavy atom. The average molecular weight is 294 g/mol. The summed E-state index contributed by atoms with van der Waals surface area (Å²) in [6.45, 7) is 3.92. The molecule has 4 aliphatic rings. The van der Waals surface area contributed by atoms with Gasteiger partial charge in [-0.1, -0.05) is 13.8 Å². The van der Waals surface area contributed by atoms with Crippen molar-refractivity contribution in [2.24, 2.45) is 23.2 Å². The first-order chi connectivity index (χ1) is 9.92. The Kier molecular flexibility index (Phi) is 3.53. The Morgan fingerprint density at radius 2 is 1.81 bits per heavy atom. The van der Waals surface area contributed by atoms with E-state index < -0.39 is 11.0 Å². The summed E-state index contributed by atoms with van der Waals surface area (Å²) in [6, 6.07) is 0. The van der Waals surface area contributed by atoms with Crippen molar-refractivity contribution < 1.29 is 19.1 Å². The molecule has 21 heavy (non-hydrogen) atoms. The minimum absolute atomic E-state index is 0.0629. The number of hydrogen-bond donors (Lipinski definition) is 0. The molecule has 0 saturated heterocycles. The summed E-state index contributed by atoms with van der Waals surface area (Å²) in [5.74, 6) is 0.761. The van der Waals surface area contributed by atoms with Crippen molar-refractivity contribution in [3.63, 3.8) is 0 Å². The highest BCUT2D eigenvalue weighted by Crippen LogP contribution is 2.63. The van der Waals surface area contributed by atoms with Crippen molar-refractivity contribution >= 4 is 11.9 Å². The second-order valence-corrected chi connectivity index (χ2v) is 7.65. The molecule has 4 heteroatoms. The molecule has 0 aromatic rings. The van der Waals surface area contributed by atoms with Gasteiger partial charge in [-0.25, -0.2) is 0 Å². The Labute approximate surface area is 126 Å². The van der Waals surface area contributed by atoms with Gasteiger partial charge >= 0.3 is 11.9 Å². The van der Waals surface area contributed by atoms with Gasteiger partial charge in [0.05, 0.1) is 18.4 Å². The summed E-state index contributed by atoms with van der Waals surface area (Å²) in [5.41, 5.74) is -0.798. The van der Waals surface area contributed by atoms with E-state index in [1.54, 1.807) is 0 Å². The monoisotopic (exact) mass is 294 g/mol. The van der Waals surface area contributed by atoms with Crippen LogP contribution in [0.2, 0.25) is 0 Å². The van der Waals surface area contributed by atoms with E-state index in [2.05, 4.69) is 0 Å². The standard InChI is InChI=1S/C17H26O4/c1-4-11(2)14(18)21-17-8-12-5-13(9-17)7-16(6-12,10-17)15(19)20-3/h11-13H,4-10H2,1-3H3. The molecule has 3 atom stereocenters. The highest BCUT2D eigenvalue weighted by Gasteiger charge is 2.63. The highest BCUT2D eigenvalue weighted by atomic mass is 16.6. The van der Waals surface area contributed by atoms with Crippen LogP contribution in [0.4, 0.5) is 0 Å². The zero-order chi connectivity index (χ0) is 15.3. The number of carbonyl (C=O) groups excluding carboxylic acids is 2. The van der Waals surface area contributed by atoms with Gasteiger partial charge in [-0.3, -0.25) is 9.59 Å². The molecule has 118 valence electrons. The van der Waals surface area contributed by atoms with Crippen molar-refractivity contribution in [2.75, 3.05) is 7.11 Å². The first-order valence-electron chi connectivity index (χ1n) is 8.23. The van der Waals surface area contributed by atoms with Crippen LogP contribution >= 0.6 is 0 Å². The predicted molar refractivity (Wildman–Crippen MR) is 77.4 cm³/mol. The lowest BCUT2D eigenvalue weighted by Crippen LogP contribution is -2.60. The van der Waals surface area contributed by atoms with Gasteiger partial charge in [0.25, 0.3) is 0 Å². The number of ether oxygens (including phenoxy) is 2. The van der Waals surface area contributed by atoms with Crippen molar-refractivity contribution in [1.82, 2.24) is 0 Å². The molecule has 0 N–H and O–H groups in total. The van der Waals surface area contributed by atoms with Gasteiger partial charge in [-0.2, -0.15) is 0 Å². The van der Waals surface area contributed by atoms with Crippen LogP contribution in [0.5, 0.6) is 0 Å². The fourth-order valence-electron chi connectivity index (χ4n) is 5.23. The molecule has 0 spiro atoms. The average Bonchev–Trinajstić information content (AvgIpc) is 2.43.